The van der Waals surface area contributed by atoms with Crippen LogP contribution in [0.15, 0.2) is 36.4 Å². The van der Waals surface area contributed by atoms with Crippen LogP contribution in [-0.4, -0.2) is 30.2 Å². The molecule has 7 heteroatoms. The predicted octanol–water partition coefficient (Wildman–Crippen LogP) is 3.34. The Morgan fingerprint density at radius 3 is 2.71 bits per heavy atom. The molecule has 0 amide bonds. The molecule has 2 rings (SSSR count). The minimum Gasteiger partial charge on any atom is -0.490 e. The number of hydrogen-bond acceptors (Lipinski definition) is 5. The van der Waals surface area contributed by atoms with Gasteiger partial charge >= 0.3 is 0 Å². The molecular formula is C14H13ClN2O4. The molecule has 0 atom stereocenters. The normalized spacial score (nSPS) is 10.4. The maximum atomic E-state index is 11.1. The number of nitro groups is 1. The van der Waals surface area contributed by atoms with Crippen molar-refractivity contribution in [2.75, 3.05) is 20.3 Å². The summed E-state index contributed by atoms with van der Waals surface area (Å²) in [6.45, 7) is 0.751. The summed E-state index contributed by atoms with van der Waals surface area (Å²) in [7, 11) is 1.57. The maximum Gasteiger partial charge on any atom is 0.295 e. The van der Waals surface area contributed by atoms with Gasteiger partial charge in [-0.1, -0.05) is 23.7 Å². The largest absolute Gasteiger partial charge is 0.490 e. The zero-order valence-corrected chi connectivity index (χ0v) is 12.0. The summed E-state index contributed by atoms with van der Waals surface area (Å²) in [5.74, 6) is 0.493. The molecule has 0 aliphatic carbocycles. The van der Waals surface area contributed by atoms with Crippen molar-refractivity contribution >= 4 is 17.3 Å². The van der Waals surface area contributed by atoms with E-state index in [1.54, 1.807) is 31.4 Å². The molecule has 0 fully saturated rings. The molecule has 0 saturated carbocycles. The van der Waals surface area contributed by atoms with Crippen LogP contribution in [0.2, 0.25) is 5.15 Å². The second-order valence-corrected chi connectivity index (χ2v) is 4.48. The van der Waals surface area contributed by atoms with E-state index in [-0.39, 0.29) is 16.5 Å². The zero-order valence-electron chi connectivity index (χ0n) is 11.3. The van der Waals surface area contributed by atoms with Crippen molar-refractivity contribution in [1.29, 1.82) is 0 Å². The SMILES string of the molecule is COCCOc1ccccc1-c1nc(Cl)ccc1[N+](=O)[O-]. The van der Waals surface area contributed by atoms with Gasteiger partial charge in [-0.2, -0.15) is 0 Å². The molecule has 6 nitrogen and oxygen atoms in total. The van der Waals surface area contributed by atoms with Gasteiger partial charge < -0.3 is 9.47 Å². The Bertz CT molecular complexity index is 649. The number of halogens is 1. The van der Waals surface area contributed by atoms with Gasteiger partial charge in [0, 0.05) is 18.7 Å². The molecule has 0 aliphatic rings. The van der Waals surface area contributed by atoms with Crippen molar-refractivity contribution < 1.29 is 14.4 Å². The van der Waals surface area contributed by atoms with Crippen LogP contribution in [0.3, 0.4) is 0 Å². The van der Waals surface area contributed by atoms with Crippen LogP contribution in [0.5, 0.6) is 5.75 Å². The first-order chi connectivity index (χ1) is 10.1. The number of rotatable bonds is 6. The quantitative estimate of drug-likeness (QED) is 0.354. The summed E-state index contributed by atoms with van der Waals surface area (Å²) in [4.78, 5) is 14.7. The van der Waals surface area contributed by atoms with Crippen molar-refractivity contribution in [3.8, 4) is 17.0 Å². The summed E-state index contributed by atoms with van der Waals surface area (Å²) in [5, 5.41) is 11.3. The van der Waals surface area contributed by atoms with Crippen LogP contribution < -0.4 is 4.74 Å². The molecule has 21 heavy (non-hydrogen) atoms. The smallest absolute Gasteiger partial charge is 0.295 e. The predicted molar refractivity (Wildman–Crippen MR) is 78.7 cm³/mol. The van der Waals surface area contributed by atoms with Crippen LogP contribution in [-0.2, 0) is 4.74 Å². The third kappa shape index (κ3) is 3.68. The maximum absolute atomic E-state index is 11.1. The fourth-order valence-corrected chi connectivity index (χ4v) is 1.94. The molecule has 0 aliphatic heterocycles. The Labute approximate surface area is 126 Å². The van der Waals surface area contributed by atoms with Gasteiger partial charge in [-0.05, 0) is 18.2 Å². The molecule has 110 valence electrons. The number of hydrogen-bond donors (Lipinski definition) is 0. The molecule has 2 aromatic rings. The summed E-state index contributed by atoms with van der Waals surface area (Å²) >= 11 is 5.86. The lowest BCUT2D eigenvalue weighted by Gasteiger charge is -2.11. The van der Waals surface area contributed by atoms with E-state index in [1.807, 2.05) is 0 Å². The number of pyridine rings is 1. The summed E-state index contributed by atoms with van der Waals surface area (Å²) in [6.07, 6.45) is 0. The lowest BCUT2D eigenvalue weighted by Crippen LogP contribution is -2.05. The molecule has 1 heterocycles. The van der Waals surface area contributed by atoms with Gasteiger partial charge in [-0.25, -0.2) is 4.98 Å². The highest BCUT2D eigenvalue weighted by Gasteiger charge is 2.20. The number of methoxy groups -OCH3 is 1. The van der Waals surface area contributed by atoms with Crippen molar-refractivity contribution in [3.05, 3.63) is 51.7 Å². The zero-order chi connectivity index (χ0) is 15.2. The van der Waals surface area contributed by atoms with Gasteiger partial charge in [0.05, 0.1) is 11.5 Å². The van der Waals surface area contributed by atoms with Gasteiger partial charge in [-0.15, -0.1) is 0 Å². The van der Waals surface area contributed by atoms with Crippen molar-refractivity contribution in [1.82, 2.24) is 4.98 Å². The van der Waals surface area contributed by atoms with Crippen LogP contribution in [0, 0.1) is 10.1 Å². The highest BCUT2D eigenvalue weighted by molar-refractivity contribution is 6.29. The van der Waals surface area contributed by atoms with E-state index in [0.717, 1.165) is 0 Å². The highest BCUT2D eigenvalue weighted by atomic mass is 35.5. The van der Waals surface area contributed by atoms with Crippen LogP contribution in [0.25, 0.3) is 11.3 Å². The topological polar surface area (TPSA) is 74.5 Å². The van der Waals surface area contributed by atoms with Crippen LogP contribution >= 0.6 is 11.6 Å². The fourth-order valence-electron chi connectivity index (χ4n) is 1.80. The second-order valence-electron chi connectivity index (χ2n) is 4.10. The fraction of sp³-hybridized carbons (Fsp3) is 0.214. The van der Waals surface area contributed by atoms with Crippen LogP contribution in [0.4, 0.5) is 5.69 Å². The third-order valence-corrected chi connectivity index (χ3v) is 2.93. The van der Waals surface area contributed by atoms with Gasteiger partial charge in [0.1, 0.15) is 17.5 Å². The Balaban J connectivity index is 2.46. The lowest BCUT2D eigenvalue weighted by molar-refractivity contribution is -0.384. The van der Waals surface area contributed by atoms with Crippen molar-refractivity contribution in [2.24, 2.45) is 0 Å². The molecule has 0 bridgehead atoms. The first kappa shape index (κ1) is 15.2. The van der Waals surface area contributed by atoms with Gasteiger partial charge in [0.15, 0.2) is 5.69 Å². The molecule has 0 unspecified atom stereocenters. The van der Waals surface area contributed by atoms with Crippen LogP contribution in [0.1, 0.15) is 0 Å². The Morgan fingerprint density at radius 1 is 1.24 bits per heavy atom. The first-order valence-electron chi connectivity index (χ1n) is 6.15. The van der Waals surface area contributed by atoms with E-state index >= 15 is 0 Å². The van der Waals surface area contributed by atoms with Gasteiger partial charge in [-0.3, -0.25) is 10.1 Å². The standard InChI is InChI=1S/C14H13ClN2O4/c1-20-8-9-21-12-5-3-2-4-10(12)14-11(17(18)19)6-7-13(15)16-14/h2-7H,8-9H2,1H3. The van der Waals surface area contributed by atoms with E-state index in [1.165, 1.54) is 12.1 Å². The van der Waals surface area contributed by atoms with Crippen molar-refractivity contribution in [2.45, 2.75) is 0 Å². The Morgan fingerprint density at radius 2 is 2.00 bits per heavy atom. The second kappa shape index (κ2) is 7.01. The number of benzene rings is 1. The van der Waals surface area contributed by atoms with Gasteiger partial charge in [0.25, 0.3) is 5.69 Å². The number of aromatic nitrogens is 1. The van der Waals surface area contributed by atoms with E-state index in [2.05, 4.69) is 4.98 Å². The Kier molecular flexibility index (Phi) is 5.08. The summed E-state index contributed by atoms with van der Waals surface area (Å²) in [5.41, 5.74) is 0.575. The summed E-state index contributed by atoms with van der Waals surface area (Å²) in [6, 6.07) is 9.67. The number of nitrogens with zero attached hydrogens (tertiary/aromatic N) is 2. The Hall–Kier alpha value is -2.18. The van der Waals surface area contributed by atoms with E-state index < -0.39 is 4.92 Å². The first-order valence-corrected chi connectivity index (χ1v) is 6.53. The van der Waals surface area contributed by atoms with E-state index in [0.29, 0.717) is 24.5 Å². The van der Waals surface area contributed by atoms with Crippen molar-refractivity contribution in [3.63, 3.8) is 0 Å². The highest BCUT2D eigenvalue weighted by Crippen LogP contribution is 2.35. The molecule has 0 saturated heterocycles. The molecule has 1 aromatic carbocycles. The minimum absolute atomic E-state index is 0.123. The minimum atomic E-state index is -0.495. The third-order valence-electron chi connectivity index (χ3n) is 2.72. The summed E-state index contributed by atoms with van der Waals surface area (Å²) < 4.78 is 10.5. The van der Waals surface area contributed by atoms with Gasteiger partial charge in [0.2, 0.25) is 0 Å². The molecule has 0 spiro atoms. The number of para-hydroxylation sites is 1. The monoisotopic (exact) mass is 308 g/mol. The lowest BCUT2D eigenvalue weighted by atomic mass is 10.1. The molecule has 1 aromatic heterocycles. The molecule has 0 radical (unpaired) electrons. The average Bonchev–Trinajstić information content (AvgIpc) is 2.47. The van der Waals surface area contributed by atoms with E-state index in [9.17, 15) is 10.1 Å². The van der Waals surface area contributed by atoms with E-state index in [4.69, 9.17) is 21.1 Å². The molecular weight excluding hydrogens is 296 g/mol. The average molecular weight is 309 g/mol. The number of ether oxygens (including phenoxy) is 2. The molecule has 0 N–H and O–H groups in total.